The summed E-state index contributed by atoms with van der Waals surface area (Å²) in [5.41, 5.74) is 0. The standard InChI is InChI=1S/C10H21NO2/c1-11(2)9(7-12)8-5-3-4-6-10(8)13/h8-10,12-13H,3-7H2,1-2H3. The van der Waals surface area contributed by atoms with Gasteiger partial charge in [-0.2, -0.15) is 0 Å². The molecule has 1 fully saturated rings. The molecule has 3 unspecified atom stereocenters. The fourth-order valence-corrected chi connectivity index (χ4v) is 2.27. The van der Waals surface area contributed by atoms with E-state index in [2.05, 4.69) is 0 Å². The van der Waals surface area contributed by atoms with Crippen molar-refractivity contribution >= 4 is 0 Å². The van der Waals surface area contributed by atoms with Gasteiger partial charge in [-0.3, -0.25) is 0 Å². The van der Waals surface area contributed by atoms with Gasteiger partial charge in [0.25, 0.3) is 0 Å². The number of hydrogen-bond donors (Lipinski definition) is 2. The van der Waals surface area contributed by atoms with Gasteiger partial charge in [-0.1, -0.05) is 12.8 Å². The van der Waals surface area contributed by atoms with Gasteiger partial charge in [-0.05, 0) is 26.9 Å². The fraction of sp³-hybridized carbons (Fsp3) is 1.00. The van der Waals surface area contributed by atoms with E-state index >= 15 is 0 Å². The van der Waals surface area contributed by atoms with Crippen LogP contribution >= 0.6 is 0 Å². The van der Waals surface area contributed by atoms with Crippen LogP contribution in [0, 0.1) is 5.92 Å². The number of rotatable bonds is 3. The van der Waals surface area contributed by atoms with E-state index in [4.69, 9.17) is 0 Å². The van der Waals surface area contributed by atoms with Crippen molar-refractivity contribution < 1.29 is 10.2 Å². The first-order valence-electron chi connectivity index (χ1n) is 5.12. The average Bonchev–Trinajstić information content (AvgIpc) is 2.09. The Morgan fingerprint density at radius 3 is 2.38 bits per heavy atom. The van der Waals surface area contributed by atoms with Crippen molar-refractivity contribution in [3.8, 4) is 0 Å². The van der Waals surface area contributed by atoms with Gasteiger partial charge in [-0.25, -0.2) is 0 Å². The summed E-state index contributed by atoms with van der Waals surface area (Å²) in [4.78, 5) is 2.01. The molecule has 1 saturated carbocycles. The highest BCUT2D eigenvalue weighted by Crippen LogP contribution is 2.28. The van der Waals surface area contributed by atoms with Crippen LogP contribution in [0.25, 0.3) is 0 Å². The molecule has 1 rings (SSSR count). The zero-order valence-electron chi connectivity index (χ0n) is 8.61. The summed E-state index contributed by atoms with van der Waals surface area (Å²) in [5.74, 6) is 0.258. The summed E-state index contributed by atoms with van der Waals surface area (Å²) in [6, 6.07) is 0.121. The number of aliphatic hydroxyl groups is 2. The molecule has 0 heterocycles. The second-order valence-electron chi connectivity index (χ2n) is 4.23. The van der Waals surface area contributed by atoms with E-state index in [-0.39, 0.29) is 24.7 Å². The Kier molecular flexibility index (Phi) is 4.16. The molecule has 0 radical (unpaired) electrons. The van der Waals surface area contributed by atoms with Gasteiger partial charge < -0.3 is 15.1 Å². The molecule has 3 atom stereocenters. The molecule has 0 spiro atoms. The number of aliphatic hydroxyl groups excluding tert-OH is 2. The molecule has 0 aromatic rings. The van der Waals surface area contributed by atoms with Crippen LogP contribution in [0.2, 0.25) is 0 Å². The highest BCUT2D eigenvalue weighted by atomic mass is 16.3. The van der Waals surface area contributed by atoms with E-state index in [0.29, 0.717) is 0 Å². The first kappa shape index (κ1) is 11.0. The molecule has 3 nitrogen and oxygen atoms in total. The Bertz CT molecular complexity index is 150. The van der Waals surface area contributed by atoms with E-state index in [0.717, 1.165) is 19.3 Å². The summed E-state index contributed by atoms with van der Waals surface area (Å²) >= 11 is 0. The smallest absolute Gasteiger partial charge is 0.0590 e. The van der Waals surface area contributed by atoms with Crippen molar-refractivity contribution in [1.82, 2.24) is 4.90 Å². The maximum absolute atomic E-state index is 9.78. The van der Waals surface area contributed by atoms with E-state index in [9.17, 15) is 10.2 Å². The first-order chi connectivity index (χ1) is 6.16. The summed E-state index contributed by atoms with van der Waals surface area (Å²) in [7, 11) is 3.92. The van der Waals surface area contributed by atoms with Crippen LogP contribution in [0.4, 0.5) is 0 Å². The minimum absolute atomic E-state index is 0.121. The maximum atomic E-state index is 9.78. The predicted molar refractivity (Wildman–Crippen MR) is 52.5 cm³/mol. The van der Waals surface area contributed by atoms with Crippen molar-refractivity contribution in [2.24, 2.45) is 5.92 Å². The molecule has 0 aromatic carbocycles. The molecule has 3 heteroatoms. The Balaban J connectivity index is 2.55. The molecule has 0 aliphatic heterocycles. The predicted octanol–water partition coefficient (Wildman–Crippen LogP) is 0.460. The fourth-order valence-electron chi connectivity index (χ4n) is 2.27. The second-order valence-corrected chi connectivity index (χ2v) is 4.23. The lowest BCUT2D eigenvalue weighted by molar-refractivity contribution is 0.00332. The third kappa shape index (κ3) is 2.66. The number of nitrogens with zero attached hydrogens (tertiary/aromatic N) is 1. The highest BCUT2D eigenvalue weighted by Gasteiger charge is 2.31. The minimum atomic E-state index is -0.215. The van der Waals surface area contributed by atoms with Crippen LogP contribution in [0.1, 0.15) is 25.7 Å². The van der Waals surface area contributed by atoms with Gasteiger partial charge >= 0.3 is 0 Å². The molecular formula is C10H21NO2. The number of likely N-dealkylation sites (N-methyl/N-ethyl adjacent to an activating group) is 1. The normalized spacial score (nSPS) is 32.1. The van der Waals surface area contributed by atoms with E-state index < -0.39 is 0 Å². The topological polar surface area (TPSA) is 43.7 Å². The van der Waals surface area contributed by atoms with Gasteiger partial charge in [-0.15, -0.1) is 0 Å². The zero-order valence-corrected chi connectivity index (χ0v) is 8.61. The van der Waals surface area contributed by atoms with Crippen molar-refractivity contribution in [3.63, 3.8) is 0 Å². The van der Waals surface area contributed by atoms with Crippen molar-refractivity contribution in [3.05, 3.63) is 0 Å². The summed E-state index contributed by atoms with van der Waals surface area (Å²) < 4.78 is 0. The highest BCUT2D eigenvalue weighted by molar-refractivity contribution is 4.84. The van der Waals surface area contributed by atoms with E-state index in [1.165, 1.54) is 6.42 Å². The Labute approximate surface area is 80.4 Å². The Hall–Kier alpha value is -0.120. The van der Waals surface area contributed by atoms with Crippen LogP contribution in [0.15, 0.2) is 0 Å². The molecule has 2 N–H and O–H groups in total. The van der Waals surface area contributed by atoms with E-state index in [1.807, 2.05) is 19.0 Å². The summed E-state index contributed by atoms with van der Waals surface area (Å²) in [6.45, 7) is 0.148. The monoisotopic (exact) mass is 187 g/mol. The molecule has 0 saturated heterocycles. The average molecular weight is 187 g/mol. The molecule has 1 aliphatic rings. The SMILES string of the molecule is CN(C)C(CO)C1CCCCC1O. The summed E-state index contributed by atoms with van der Waals surface area (Å²) in [6.07, 6.45) is 4.04. The molecule has 78 valence electrons. The molecule has 1 aliphatic carbocycles. The lowest BCUT2D eigenvalue weighted by Gasteiger charge is -2.36. The van der Waals surface area contributed by atoms with Crippen LogP contribution in [0.5, 0.6) is 0 Å². The number of hydrogen-bond acceptors (Lipinski definition) is 3. The van der Waals surface area contributed by atoms with Crippen molar-refractivity contribution in [2.45, 2.75) is 37.8 Å². The third-order valence-electron chi connectivity index (χ3n) is 3.13. The molecular weight excluding hydrogens is 166 g/mol. The van der Waals surface area contributed by atoms with Crippen LogP contribution in [-0.4, -0.2) is 48.0 Å². The summed E-state index contributed by atoms with van der Waals surface area (Å²) in [5, 5.41) is 19.0. The van der Waals surface area contributed by atoms with Gasteiger partial charge in [0.05, 0.1) is 12.7 Å². The van der Waals surface area contributed by atoms with Gasteiger partial charge in [0, 0.05) is 12.0 Å². The lowest BCUT2D eigenvalue weighted by atomic mass is 9.81. The van der Waals surface area contributed by atoms with Gasteiger partial charge in [0.15, 0.2) is 0 Å². The van der Waals surface area contributed by atoms with Crippen LogP contribution in [0.3, 0.4) is 0 Å². The lowest BCUT2D eigenvalue weighted by Crippen LogP contribution is -2.44. The minimum Gasteiger partial charge on any atom is -0.395 e. The largest absolute Gasteiger partial charge is 0.395 e. The van der Waals surface area contributed by atoms with Crippen molar-refractivity contribution in [2.75, 3.05) is 20.7 Å². The van der Waals surface area contributed by atoms with Crippen molar-refractivity contribution in [1.29, 1.82) is 0 Å². The molecule has 0 aromatic heterocycles. The molecule has 0 amide bonds. The molecule has 0 bridgehead atoms. The van der Waals surface area contributed by atoms with E-state index in [1.54, 1.807) is 0 Å². The Morgan fingerprint density at radius 1 is 1.31 bits per heavy atom. The van der Waals surface area contributed by atoms with Gasteiger partial charge in [0.2, 0.25) is 0 Å². The quantitative estimate of drug-likeness (QED) is 0.674. The zero-order chi connectivity index (χ0) is 9.84. The van der Waals surface area contributed by atoms with Crippen LogP contribution in [-0.2, 0) is 0 Å². The Morgan fingerprint density at radius 2 is 1.92 bits per heavy atom. The maximum Gasteiger partial charge on any atom is 0.0590 e. The third-order valence-corrected chi connectivity index (χ3v) is 3.13. The van der Waals surface area contributed by atoms with Crippen LogP contribution < -0.4 is 0 Å². The first-order valence-corrected chi connectivity index (χ1v) is 5.12. The molecule has 13 heavy (non-hydrogen) atoms. The van der Waals surface area contributed by atoms with Gasteiger partial charge in [0.1, 0.15) is 0 Å². The second kappa shape index (κ2) is 4.94.